The molecule has 11 atom stereocenters. The van der Waals surface area contributed by atoms with Crippen molar-refractivity contribution >= 4 is 18.7 Å². The number of fused-ring (bicyclic) bond motifs is 1. The molecule has 0 N–H and O–H groups in total. The Morgan fingerprint density at radius 2 is 0.904 bits per heavy atom. The first-order chi connectivity index (χ1) is 40.8. The first-order valence-electron chi connectivity index (χ1n) is 30.0. The van der Waals surface area contributed by atoms with Crippen LogP contribution in [0.4, 0.5) is 0 Å². The molecule has 3 heterocycles. The number of hydrogen-bond acceptors (Lipinski definition) is 11. The minimum absolute atomic E-state index is 0.133. The molecule has 0 unspecified atom stereocenters. The second-order valence-electron chi connectivity index (χ2n) is 23.0. The lowest BCUT2D eigenvalue weighted by molar-refractivity contribution is -0.392. The van der Waals surface area contributed by atoms with Crippen LogP contribution in [0.3, 0.4) is 0 Å². The summed E-state index contributed by atoms with van der Waals surface area (Å²) in [6.45, 7) is 11.0. The van der Waals surface area contributed by atoms with Crippen molar-refractivity contribution < 1.29 is 51.8 Å². The lowest BCUT2D eigenvalue weighted by atomic mass is 9.95. The zero-order valence-electron chi connectivity index (χ0n) is 48.7. The summed E-state index contributed by atoms with van der Waals surface area (Å²) < 4.78 is 80.0. The van der Waals surface area contributed by atoms with E-state index in [0.717, 1.165) is 57.5 Å². The summed E-state index contributed by atoms with van der Waals surface area (Å²) in [4.78, 5) is 0. The van der Waals surface area contributed by atoms with Gasteiger partial charge in [-0.25, -0.2) is 0 Å². The Morgan fingerprint density at radius 1 is 0.446 bits per heavy atom. The Kier molecular flexibility index (Phi) is 22.1. The van der Waals surface area contributed by atoms with Crippen molar-refractivity contribution in [2.45, 2.75) is 165 Å². The van der Waals surface area contributed by atoms with Crippen molar-refractivity contribution in [1.29, 1.82) is 0 Å². The third kappa shape index (κ3) is 15.8. The van der Waals surface area contributed by atoms with E-state index in [-0.39, 0.29) is 33.0 Å². The molecule has 3 aliphatic heterocycles. The molecule has 0 bridgehead atoms. The molecule has 7 aromatic rings. The predicted octanol–water partition coefficient (Wildman–Crippen LogP) is 13.2. The summed E-state index contributed by atoms with van der Waals surface area (Å²) in [5.41, 5.74) is 4.89. The highest BCUT2D eigenvalue weighted by Gasteiger charge is 2.60. The van der Waals surface area contributed by atoms with Gasteiger partial charge < -0.3 is 51.8 Å². The number of hydrogen-bond donors (Lipinski definition) is 0. The number of unbranched alkanes of at least 4 members (excludes halogenated alkanes) is 5. The summed E-state index contributed by atoms with van der Waals surface area (Å²) in [6, 6.07) is 72.2. The highest BCUT2D eigenvalue weighted by Crippen LogP contribution is 2.44. The Balaban J connectivity index is 1.09. The van der Waals surface area contributed by atoms with Crippen molar-refractivity contribution in [2.75, 3.05) is 19.8 Å². The van der Waals surface area contributed by atoms with Crippen molar-refractivity contribution in [3.63, 3.8) is 0 Å². The summed E-state index contributed by atoms with van der Waals surface area (Å²) in [7, 11) is -3.38. The maximum absolute atomic E-state index is 8.32. The molecule has 0 aromatic heterocycles. The van der Waals surface area contributed by atoms with E-state index in [0.29, 0.717) is 13.2 Å². The normalized spacial score (nSPS) is 24.7. The monoisotopic (exact) mass is 1140 g/mol. The molecule has 3 saturated heterocycles. The molecule has 0 spiro atoms. The van der Waals surface area contributed by atoms with Gasteiger partial charge in [0.15, 0.2) is 18.9 Å². The molecule has 83 heavy (non-hydrogen) atoms. The molecule has 0 saturated carbocycles. The highest BCUT2D eigenvalue weighted by atomic mass is 28.4. The maximum atomic E-state index is 8.32. The molecule has 11 nitrogen and oxygen atoms in total. The van der Waals surface area contributed by atoms with Crippen LogP contribution in [0, 0.1) is 0 Å². The molecule has 0 aliphatic carbocycles. The molecule has 7 aromatic carbocycles. The van der Waals surface area contributed by atoms with Crippen molar-refractivity contribution in [3.8, 4) is 0 Å². The standard InChI is InChI=1S/C71H84O11Si/c1-5-6-7-8-9-31-46-73-69-66(75-49-55-36-21-12-22-37-55)64(74-48-54-34-19-11-20-35-54)62(60(78-69)51-72-47-53-32-17-10-18-33-53)81-70-67(76-50-56-38-23-13-24-39-56)65(63-61(79-70)52-77-68(80-63)57-40-25-14-26-41-57)82-83(71(2,3)4,58-42-27-15-28-43-58)59-44-29-16-30-45-59/h10-30,32-45,60-70H,5-9,31,46-52H2,1-4H3/t60-,61-,62-,63-,64+,65+,66-,67+,68-,69-,70+/m1/s1. The van der Waals surface area contributed by atoms with Crippen LogP contribution in [-0.4, -0.2) is 89.5 Å². The van der Waals surface area contributed by atoms with E-state index in [4.69, 9.17) is 51.8 Å². The Morgan fingerprint density at radius 3 is 1.42 bits per heavy atom. The Labute approximate surface area is 493 Å². The van der Waals surface area contributed by atoms with Gasteiger partial charge in [0.1, 0.15) is 48.8 Å². The van der Waals surface area contributed by atoms with Crippen LogP contribution in [0.1, 0.15) is 100 Å². The van der Waals surface area contributed by atoms with E-state index in [1.165, 1.54) is 19.3 Å². The quantitative estimate of drug-likeness (QED) is 0.0346. The van der Waals surface area contributed by atoms with Crippen LogP contribution < -0.4 is 10.4 Å². The fourth-order valence-corrected chi connectivity index (χ4v) is 16.4. The molecule has 438 valence electrons. The number of ether oxygens (including phenoxy) is 10. The molecule has 0 amide bonds. The SMILES string of the molecule is CCCCCCCCO[C@@H]1O[C@H](COCc2ccccc2)[C@@H](O[C@@H]2O[C@@H]3CO[C@@H](c4ccccc4)O[C@H]3[C@H](O[Si](c3ccccc3)(c3ccccc3)C(C)(C)C)[C@@H]2OCc2ccccc2)[C@H](OCc2ccccc2)[C@H]1OCc1ccccc1. The van der Waals surface area contributed by atoms with Crippen LogP contribution in [0.2, 0.25) is 5.04 Å². The third-order valence-electron chi connectivity index (χ3n) is 16.0. The maximum Gasteiger partial charge on any atom is 0.261 e. The molecular weight excluding hydrogens is 1060 g/mol. The Hall–Kier alpha value is -5.68. The van der Waals surface area contributed by atoms with Crippen molar-refractivity contribution in [1.82, 2.24) is 0 Å². The van der Waals surface area contributed by atoms with Crippen LogP contribution in [0.5, 0.6) is 0 Å². The second kappa shape index (κ2) is 30.4. The van der Waals surface area contributed by atoms with Gasteiger partial charge >= 0.3 is 0 Å². The van der Waals surface area contributed by atoms with Crippen LogP contribution >= 0.6 is 0 Å². The summed E-state index contributed by atoms with van der Waals surface area (Å²) in [5.74, 6) is 0. The summed E-state index contributed by atoms with van der Waals surface area (Å²) in [5, 5.41) is 1.81. The summed E-state index contributed by atoms with van der Waals surface area (Å²) >= 11 is 0. The van der Waals surface area contributed by atoms with Gasteiger partial charge in [-0.2, -0.15) is 0 Å². The fourth-order valence-electron chi connectivity index (χ4n) is 11.7. The molecule has 12 heteroatoms. The molecule has 3 aliphatic rings. The first kappa shape index (κ1) is 60.4. The van der Waals surface area contributed by atoms with Gasteiger partial charge in [-0.05, 0) is 44.1 Å². The van der Waals surface area contributed by atoms with Gasteiger partial charge in [-0.1, -0.05) is 272 Å². The van der Waals surface area contributed by atoms with Crippen LogP contribution in [-0.2, 0) is 78.2 Å². The number of benzene rings is 7. The van der Waals surface area contributed by atoms with Crippen LogP contribution in [0.25, 0.3) is 0 Å². The largest absolute Gasteiger partial charge is 0.399 e. The molecular formula is C71H84O11Si. The van der Waals surface area contributed by atoms with E-state index < -0.39 is 81.1 Å². The van der Waals surface area contributed by atoms with E-state index in [1.54, 1.807) is 0 Å². The van der Waals surface area contributed by atoms with Crippen LogP contribution in [0.15, 0.2) is 212 Å². The minimum atomic E-state index is -3.38. The van der Waals surface area contributed by atoms with E-state index in [2.05, 4.69) is 137 Å². The fraction of sp³-hybridized carbons (Fsp3) is 0.408. The minimum Gasteiger partial charge on any atom is -0.399 e. The molecule has 0 radical (unpaired) electrons. The van der Waals surface area contributed by atoms with Crippen molar-refractivity contribution in [3.05, 3.63) is 240 Å². The zero-order chi connectivity index (χ0) is 57.1. The lowest BCUT2D eigenvalue weighted by Gasteiger charge is -2.54. The second-order valence-corrected chi connectivity index (χ2v) is 27.3. The number of rotatable bonds is 28. The van der Waals surface area contributed by atoms with Gasteiger partial charge in [0.05, 0.1) is 39.6 Å². The first-order valence-corrected chi connectivity index (χ1v) is 32.0. The average Bonchev–Trinajstić information content (AvgIpc) is 3.27. The molecule has 10 rings (SSSR count). The average molecular weight is 1140 g/mol. The van der Waals surface area contributed by atoms with Gasteiger partial charge in [0, 0.05) is 12.2 Å². The van der Waals surface area contributed by atoms with Gasteiger partial charge in [-0.15, -0.1) is 0 Å². The van der Waals surface area contributed by atoms with Gasteiger partial charge in [0.2, 0.25) is 0 Å². The summed E-state index contributed by atoms with van der Waals surface area (Å²) in [6.07, 6.45) is -2.22. The van der Waals surface area contributed by atoms with E-state index in [1.807, 2.05) is 103 Å². The Bertz CT molecular complexity index is 2870. The van der Waals surface area contributed by atoms with Gasteiger partial charge in [0.25, 0.3) is 8.32 Å². The van der Waals surface area contributed by atoms with Crippen molar-refractivity contribution in [2.24, 2.45) is 0 Å². The zero-order valence-corrected chi connectivity index (χ0v) is 49.7. The van der Waals surface area contributed by atoms with Gasteiger partial charge in [-0.3, -0.25) is 0 Å². The smallest absolute Gasteiger partial charge is 0.261 e. The predicted molar refractivity (Wildman–Crippen MR) is 325 cm³/mol. The van der Waals surface area contributed by atoms with E-state index >= 15 is 0 Å². The lowest BCUT2D eigenvalue weighted by Crippen LogP contribution is -2.73. The highest BCUT2D eigenvalue weighted by molar-refractivity contribution is 6.99. The topological polar surface area (TPSA) is 102 Å². The van der Waals surface area contributed by atoms with E-state index in [9.17, 15) is 0 Å². The molecule has 3 fully saturated rings. The third-order valence-corrected chi connectivity index (χ3v) is 21.0.